The Kier molecular flexibility index (Phi) is 8.17. The molecule has 1 aliphatic carbocycles. The minimum Gasteiger partial charge on any atom is -0.494 e. The van der Waals surface area contributed by atoms with Gasteiger partial charge < -0.3 is 20.4 Å². The molecule has 172 valence electrons. The summed E-state index contributed by atoms with van der Waals surface area (Å²) in [6.45, 7) is 3.02. The van der Waals surface area contributed by atoms with Crippen LogP contribution in [0.15, 0.2) is 30.6 Å². The third-order valence-electron chi connectivity index (χ3n) is 6.11. The van der Waals surface area contributed by atoms with Crippen LogP contribution in [0.1, 0.15) is 77.6 Å². The number of ether oxygens (including phenoxy) is 1. The number of H-pyrrole nitrogens is 1. The topological polar surface area (TPSA) is 87.8 Å². The van der Waals surface area contributed by atoms with Crippen molar-refractivity contribution in [3.63, 3.8) is 0 Å². The Labute approximate surface area is 190 Å². The lowest BCUT2D eigenvalue weighted by Gasteiger charge is -2.23. The predicted octanol–water partition coefficient (Wildman–Crippen LogP) is 6.58. The highest BCUT2D eigenvalue weighted by Crippen LogP contribution is 2.26. The van der Waals surface area contributed by atoms with Gasteiger partial charge in [-0.2, -0.15) is 9.97 Å². The second-order valence-electron chi connectivity index (χ2n) is 8.74. The molecule has 1 saturated carbocycles. The maximum Gasteiger partial charge on any atom is 0.231 e. The molecule has 3 aromatic rings. The first-order valence-corrected chi connectivity index (χ1v) is 12.3. The first-order valence-electron chi connectivity index (χ1n) is 12.3. The lowest BCUT2D eigenvalue weighted by atomic mass is 9.95. The summed E-state index contributed by atoms with van der Waals surface area (Å²) in [4.78, 5) is 16.8. The van der Waals surface area contributed by atoms with Gasteiger partial charge in [0.25, 0.3) is 0 Å². The number of hydrogen-bond acceptors (Lipinski definition) is 6. The number of nitrogens with one attached hydrogen (secondary N) is 3. The van der Waals surface area contributed by atoms with Gasteiger partial charge in [-0.3, -0.25) is 0 Å². The van der Waals surface area contributed by atoms with Crippen LogP contribution in [0.3, 0.4) is 0 Å². The molecule has 2 heterocycles. The SMILES string of the molecule is CCCCCCCCOc1ccc(Nc2nc(NC3CCCCC3)c3[nH]cnc3n2)cc1. The van der Waals surface area contributed by atoms with Crippen molar-refractivity contribution in [3.8, 4) is 5.75 Å². The lowest BCUT2D eigenvalue weighted by molar-refractivity contribution is 0.304. The minimum atomic E-state index is 0.459. The van der Waals surface area contributed by atoms with E-state index in [2.05, 4.69) is 32.5 Å². The molecule has 2 aromatic heterocycles. The number of anilines is 3. The van der Waals surface area contributed by atoms with Gasteiger partial charge in [0.15, 0.2) is 11.5 Å². The molecule has 1 aromatic carbocycles. The first-order chi connectivity index (χ1) is 15.8. The molecule has 0 bridgehead atoms. The normalized spacial score (nSPS) is 14.5. The van der Waals surface area contributed by atoms with E-state index < -0.39 is 0 Å². The fraction of sp³-hybridized carbons (Fsp3) is 0.560. The summed E-state index contributed by atoms with van der Waals surface area (Å²) in [7, 11) is 0. The van der Waals surface area contributed by atoms with Crippen LogP contribution in [0.25, 0.3) is 11.2 Å². The van der Waals surface area contributed by atoms with Crippen molar-refractivity contribution in [2.75, 3.05) is 17.2 Å². The molecule has 0 amide bonds. The van der Waals surface area contributed by atoms with Gasteiger partial charge in [-0.1, -0.05) is 58.3 Å². The molecule has 0 unspecified atom stereocenters. The summed E-state index contributed by atoms with van der Waals surface area (Å²) >= 11 is 0. The van der Waals surface area contributed by atoms with Crippen LogP contribution < -0.4 is 15.4 Å². The van der Waals surface area contributed by atoms with E-state index in [1.54, 1.807) is 6.33 Å². The minimum absolute atomic E-state index is 0.459. The number of hydrogen-bond donors (Lipinski definition) is 3. The zero-order chi connectivity index (χ0) is 22.0. The highest BCUT2D eigenvalue weighted by Gasteiger charge is 2.17. The number of aromatic amines is 1. The molecule has 0 radical (unpaired) electrons. The first kappa shape index (κ1) is 22.4. The number of imidazole rings is 1. The van der Waals surface area contributed by atoms with Gasteiger partial charge in [0.2, 0.25) is 5.95 Å². The second kappa shape index (κ2) is 11.7. The highest BCUT2D eigenvalue weighted by molar-refractivity contribution is 5.84. The Morgan fingerprint density at radius 3 is 2.56 bits per heavy atom. The van der Waals surface area contributed by atoms with E-state index in [1.165, 1.54) is 64.2 Å². The summed E-state index contributed by atoms with van der Waals surface area (Å²) < 4.78 is 5.89. The van der Waals surface area contributed by atoms with Gasteiger partial charge in [0, 0.05) is 11.7 Å². The van der Waals surface area contributed by atoms with Crippen molar-refractivity contribution < 1.29 is 4.74 Å². The van der Waals surface area contributed by atoms with Crippen molar-refractivity contribution in [1.29, 1.82) is 0 Å². The molecule has 0 atom stereocenters. The van der Waals surface area contributed by atoms with E-state index in [4.69, 9.17) is 9.72 Å². The third kappa shape index (κ3) is 6.34. The molecule has 7 heteroatoms. The van der Waals surface area contributed by atoms with Gasteiger partial charge in [-0.25, -0.2) is 4.98 Å². The summed E-state index contributed by atoms with van der Waals surface area (Å²) in [5.74, 6) is 2.26. The number of nitrogens with zero attached hydrogens (tertiary/aromatic N) is 3. The van der Waals surface area contributed by atoms with Crippen LogP contribution in [-0.2, 0) is 0 Å². The van der Waals surface area contributed by atoms with Crippen LogP contribution in [-0.4, -0.2) is 32.6 Å². The van der Waals surface area contributed by atoms with Gasteiger partial charge in [-0.15, -0.1) is 0 Å². The lowest BCUT2D eigenvalue weighted by Crippen LogP contribution is -2.23. The van der Waals surface area contributed by atoms with Gasteiger partial charge in [-0.05, 0) is 43.5 Å². The van der Waals surface area contributed by atoms with Gasteiger partial charge in [0.05, 0.1) is 12.9 Å². The monoisotopic (exact) mass is 436 g/mol. The second-order valence-corrected chi connectivity index (χ2v) is 8.74. The average molecular weight is 437 g/mol. The highest BCUT2D eigenvalue weighted by atomic mass is 16.5. The molecule has 0 spiro atoms. The van der Waals surface area contributed by atoms with Crippen LogP contribution in [0, 0.1) is 0 Å². The Balaban J connectivity index is 1.32. The average Bonchev–Trinajstić information content (AvgIpc) is 3.29. The molecule has 4 rings (SSSR count). The zero-order valence-corrected chi connectivity index (χ0v) is 19.2. The molecule has 1 aliphatic rings. The number of fused-ring (bicyclic) bond motifs is 1. The Morgan fingerprint density at radius 2 is 1.75 bits per heavy atom. The maximum absolute atomic E-state index is 5.89. The Hall–Kier alpha value is -2.83. The van der Waals surface area contributed by atoms with E-state index in [0.29, 0.717) is 17.6 Å². The third-order valence-corrected chi connectivity index (χ3v) is 6.11. The molecule has 1 fully saturated rings. The Bertz CT molecular complexity index is 949. The van der Waals surface area contributed by atoms with Crippen LogP contribution >= 0.6 is 0 Å². The number of benzene rings is 1. The van der Waals surface area contributed by atoms with Crippen molar-refractivity contribution in [2.45, 2.75) is 83.6 Å². The summed E-state index contributed by atoms with van der Waals surface area (Å²) in [5.41, 5.74) is 2.45. The summed E-state index contributed by atoms with van der Waals surface area (Å²) in [6.07, 6.45) is 15.5. The van der Waals surface area contributed by atoms with Crippen molar-refractivity contribution in [1.82, 2.24) is 19.9 Å². The van der Waals surface area contributed by atoms with Crippen LogP contribution in [0.5, 0.6) is 5.75 Å². The summed E-state index contributed by atoms with van der Waals surface area (Å²) in [5, 5.41) is 6.92. The van der Waals surface area contributed by atoms with Crippen LogP contribution in [0.2, 0.25) is 0 Å². The Morgan fingerprint density at radius 1 is 0.969 bits per heavy atom. The molecular formula is C25H36N6O. The van der Waals surface area contributed by atoms with E-state index in [-0.39, 0.29) is 0 Å². The van der Waals surface area contributed by atoms with E-state index >= 15 is 0 Å². The van der Waals surface area contributed by atoms with E-state index in [9.17, 15) is 0 Å². The quantitative estimate of drug-likeness (QED) is 0.278. The number of aromatic nitrogens is 4. The summed E-state index contributed by atoms with van der Waals surface area (Å²) in [6, 6.07) is 8.45. The smallest absolute Gasteiger partial charge is 0.231 e. The molecule has 32 heavy (non-hydrogen) atoms. The van der Waals surface area contributed by atoms with Crippen molar-refractivity contribution in [2.24, 2.45) is 0 Å². The maximum atomic E-state index is 5.89. The zero-order valence-electron chi connectivity index (χ0n) is 19.2. The fourth-order valence-electron chi connectivity index (χ4n) is 4.27. The number of rotatable bonds is 12. The molecule has 0 saturated heterocycles. The standard InChI is InChI=1S/C25H36N6O/c1-2-3-4-5-6-10-17-32-21-15-13-20(14-16-21)29-25-30-23-22(26-18-27-23)24(31-25)28-19-11-8-7-9-12-19/h13-16,18-19H,2-12,17H2,1H3,(H3,26,27,28,29,30,31). The molecular weight excluding hydrogens is 400 g/mol. The fourth-order valence-corrected chi connectivity index (χ4v) is 4.27. The molecule has 7 nitrogen and oxygen atoms in total. The predicted molar refractivity (Wildman–Crippen MR) is 131 cm³/mol. The van der Waals surface area contributed by atoms with Crippen molar-refractivity contribution in [3.05, 3.63) is 30.6 Å². The van der Waals surface area contributed by atoms with Crippen molar-refractivity contribution >= 4 is 28.6 Å². The van der Waals surface area contributed by atoms with E-state index in [0.717, 1.165) is 35.8 Å². The van der Waals surface area contributed by atoms with E-state index in [1.807, 2.05) is 24.3 Å². The van der Waals surface area contributed by atoms with Gasteiger partial charge in [0.1, 0.15) is 11.3 Å². The van der Waals surface area contributed by atoms with Crippen LogP contribution in [0.4, 0.5) is 17.5 Å². The number of unbranched alkanes of at least 4 members (excludes halogenated alkanes) is 5. The molecule has 3 N–H and O–H groups in total. The molecule has 0 aliphatic heterocycles. The largest absolute Gasteiger partial charge is 0.494 e. The van der Waals surface area contributed by atoms with Gasteiger partial charge >= 0.3 is 0 Å².